The van der Waals surface area contributed by atoms with E-state index in [9.17, 15) is 19.5 Å². The van der Waals surface area contributed by atoms with Crippen LogP contribution in [0.25, 0.3) is 0 Å². The van der Waals surface area contributed by atoms with Crippen molar-refractivity contribution in [2.45, 2.75) is 38.8 Å². The van der Waals surface area contributed by atoms with Crippen LogP contribution in [0.15, 0.2) is 36.5 Å². The molecule has 35 heavy (non-hydrogen) atoms. The van der Waals surface area contributed by atoms with Crippen LogP contribution in [0.3, 0.4) is 0 Å². The number of likely N-dealkylation sites (tertiary alicyclic amines) is 1. The van der Waals surface area contributed by atoms with E-state index in [1.165, 1.54) is 6.07 Å². The van der Waals surface area contributed by atoms with Crippen molar-refractivity contribution in [1.82, 2.24) is 14.8 Å². The Labute approximate surface area is 205 Å². The van der Waals surface area contributed by atoms with Crippen LogP contribution in [0.4, 0.5) is 5.69 Å². The number of carbonyl (C=O) groups is 3. The summed E-state index contributed by atoms with van der Waals surface area (Å²) < 4.78 is 5.95. The number of pyridine rings is 1. The maximum Gasteiger partial charge on any atom is 0.313 e. The van der Waals surface area contributed by atoms with Gasteiger partial charge in [0.1, 0.15) is 17.9 Å². The van der Waals surface area contributed by atoms with Crippen molar-refractivity contribution in [1.29, 1.82) is 0 Å². The molecule has 0 unspecified atom stereocenters. The topological polar surface area (TPSA) is 138 Å². The van der Waals surface area contributed by atoms with Crippen LogP contribution < -0.4 is 15.8 Å². The maximum atomic E-state index is 13.2. The van der Waals surface area contributed by atoms with Gasteiger partial charge in [-0.15, -0.1) is 0 Å². The van der Waals surface area contributed by atoms with Gasteiger partial charge in [-0.05, 0) is 63.5 Å². The van der Waals surface area contributed by atoms with Crippen molar-refractivity contribution in [3.05, 3.63) is 47.7 Å². The van der Waals surface area contributed by atoms with Crippen LogP contribution in [0.1, 0.15) is 48.7 Å². The van der Waals surface area contributed by atoms with Gasteiger partial charge in [-0.25, -0.2) is 4.98 Å². The number of benzene rings is 1. The standard InChI is InChI=1S/C25H33N5O5/c1-15-8-9-21(17-6-5-7-19(10-17)35-14-16(2)29(3)4)30(13-15)25(34)24(33)28-18-11-20(22(26)31)23(32)27-12-18/h5-7,10-12,15-16,21H,8-9,13-14H2,1-4H3,(H2,26,31)(H,27,32)(H,28,33)/t15-,16+,21+/m0/s1. The number of anilines is 1. The number of piperidine rings is 1. The number of nitrogens with zero attached hydrogens (tertiary/aromatic N) is 3. The molecule has 2 aromatic rings. The van der Waals surface area contributed by atoms with Crippen LogP contribution in [0, 0.1) is 5.92 Å². The third-order valence-corrected chi connectivity index (χ3v) is 6.28. The van der Waals surface area contributed by atoms with E-state index in [1.54, 1.807) is 4.90 Å². The van der Waals surface area contributed by atoms with E-state index in [-0.39, 0.29) is 29.3 Å². The fourth-order valence-corrected chi connectivity index (χ4v) is 3.92. The molecule has 3 atom stereocenters. The van der Waals surface area contributed by atoms with Gasteiger partial charge >= 0.3 is 11.8 Å². The van der Waals surface area contributed by atoms with E-state index < -0.39 is 23.6 Å². The first-order valence-corrected chi connectivity index (χ1v) is 11.6. The molecular formula is C25H33N5O5. The van der Waals surface area contributed by atoms with E-state index in [2.05, 4.69) is 22.1 Å². The van der Waals surface area contributed by atoms with Gasteiger partial charge in [0.2, 0.25) is 5.88 Å². The summed E-state index contributed by atoms with van der Waals surface area (Å²) in [5.74, 6) is -2.05. The van der Waals surface area contributed by atoms with Crippen molar-refractivity contribution in [2.24, 2.45) is 11.7 Å². The molecule has 3 amide bonds. The molecule has 0 radical (unpaired) electrons. The van der Waals surface area contributed by atoms with E-state index in [0.717, 1.165) is 18.2 Å². The fourth-order valence-electron chi connectivity index (χ4n) is 3.92. The number of aromatic hydroxyl groups is 1. The molecule has 2 heterocycles. The van der Waals surface area contributed by atoms with Gasteiger partial charge in [-0.1, -0.05) is 19.1 Å². The molecule has 1 aromatic carbocycles. The van der Waals surface area contributed by atoms with Gasteiger partial charge in [0.05, 0.1) is 17.9 Å². The van der Waals surface area contributed by atoms with Crippen LogP contribution in [-0.4, -0.2) is 70.9 Å². The lowest BCUT2D eigenvalue weighted by atomic mass is 9.89. The largest absolute Gasteiger partial charge is 0.493 e. The minimum absolute atomic E-state index is 0.0852. The van der Waals surface area contributed by atoms with E-state index in [0.29, 0.717) is 25.3 Å². The first-order valence-electron chi connectivity index (χ1n) is 11.6. The number of nitrogens with two attached hydrogens (primary N) is 1. The highest BCUT2D eigenvalue weighted by Crippen LogP contribution is 2.35. The third-order valence-electron chi connectivity index (χ3n) is 6.28. The number of ether oxygens (including phenoxy) is 1. The molecule has 1 aromatic heterocycles. The number of aromatic nitrogens is 1. The average molecular weight is 484 g/mol. The number of primary amides is 1. The zero-order chi connectivity index (χ0) is 25.7. The Morgan fingerprint density at radius 2 is 2.03 bits per heavy atom. The van der Waals surface area contributed by atoms with Crippen molar-refractivity contribution < 1.29 is 24.2 Å². The molecule has 1 aliphatic rings. The summed E-state index contributed by atoms with van der Waals surface area (Å²) in [4.78, 5) is 44.8. The maximum absolute atomic E-state index is 13.2. The SMILES string of the molecule is C[C@H]1CC[C@H](c2cccc(OC[C@@H](C)N(C)C)c2)N(C(=O)C(=O)Nc2cnc(O)c(C(N)=O)c2)C1. The summed E-state index contributed by atoms with van der Waals surface area (Å²) in [6.07, 6.45) is 2.78. The number of amides is 3. The molecule has 0 bridgehead atoms. The van der Waals surface area contributed by atoms with Crippen molar-refractivity contribution >= 4 is 23.4 Å². The second-order valence-electron chi connectivity index (χ2n) is 9.27. The fraction of sp³-hybridized carbons (Fsp3) is 0.440. The molecule has 0 aliphatic carbocycles. The molecule has 1 fully saturated rings. The number of rotatable bonds is 7. The monoisotopic (exact) mass is 483 g/mol. The van der Waals surface area contributed by atoms with Crippen LogP contribution in [-0.2, 0) is 9.59 Å². The number of hydrogen-bond acceptors (Lipinski definition) is 7. The number of carbonyl (C=O) groups excluding carboxylic acids is 3. The quantitative estimate of drug-likeness (QED) is 0.513. The lowest BCUT2D eigenvalue weighted by Gasteiger charge is -2.38. The highest BCUT2D eigenvalue weighted by atomic mass is 16.5. The van der Waals surface area contributed by atoms with Crippen molar-refractivity contribution in [2.75, 3.05) is 32.6 Å². The molecule has 1 saturated heterocycles. The molecule has 3 rings (SSSR count). The Balaban J connectivity index is 1.77. The molecule has 188 valence electrons. The van der Waals surface area contributed by atoms with Crippen LogP contribution >= 0.6 is 0 Å². The summed E-state index contributed by atoms with van der Waals surface area (Å²) in [6.45, 7) is 5.07. The van der Waals surface area contributed by atoms with Crippen LogP contribution in [0.2, 0.25) is 0 Å². The van der Waals surface area contributed by atoms with Gasteiger partial charge in [-0.3, -0.25) is 14.4 Å². The first kappa shape index (κ1) is 26.0. The van der Waals surface area contributed by atoms with Gasteiger partial charge in [0.15, 0.2) is 0 Å². The number of likely N-dealkylation sites (N-methyl/N-ethyl adjacent to an activating group) is 1. The second kappa shape index (κ2) is 11.2. The predicted octanol–water partition coefficient (Wildman–Crippen LogP) is 2.15. The van der Waals surface area contributed by atoms with Gasteiger partial charge in [0.25, 0.3) is 5.91 Å². The molecule has 0 spiro atoms. The van der Waals surface area contributed by atoms with Gasteiger partial charge in [-0.2, -0.15) is 0 Å². The summed E-state index contributed by atoms with van der Waals surface area (Å²) in [5, 5.41) is 12.1. The van der Waals surface area contributed by atoms with E-state index in [4.69, 9.17) is 10.5 Å². The zero-order valence-corrected chi connectivity index (χ0v) is 20.5. The van der Waals surface area contributed by atoms with Gasteiger partial charge < -0.3 is 30.7 Å². The Morgan fingerprint density at radius 1 is 1.29 bits per heavy atom. The molecule has 10 heteroatoms. The molecule has 4 N–H and O–H groups in total. The first-order chi connectivity index (χ1) is 16.6. The van der Waals surface area contributed by atoms with E-state index in [1.807, 2.05) is 45.3 Å². The highest BCUT2D eigenvalue weighted by Gasteiger charge is 2.34. The summed E-state index contributed by atoms with van der Waals surface area (Å²) in [5.41, 5.74) is 5.95. The molecule has 0 saturated carbocycles. The van der Waals surface area contributed by atoms with Crippen molar-refractivity contribution in [3.8, 4) is 11.6 Å². The lowest BCUT2D eigenvalue weighted by molar-refractivity contribution is -0.146. The summed E-state index contributed by atoms with van der Waals surface area (Å²) in [6, 6.07) is 8.76. The normalized spacial score (nSPS) is 18.7. The number of hydrogen-bond donors (Lipinski definition) is 3. The van der Waals surface area contributed by atoms with Crippen molar-refractivity contribution in [3.63, 3.8) is 0 Å². The number of nitrogens with one attached hydrogen (secondary N) is 1. The summed E-state index contributed by atoms with van der Waals surface area (Å²) in [7, 11) is 3.98. The smallest absolute Gasteiger partial charge is 0.313 e. The lowest BCUT2D eigenvalue weighted by Crippen LogP contribution is -2.46. The minimum Gasteiger partial charge on any atom is -0.493 e. The van der Waals surface area contributed by atoms with Gasteiger partial charge in [0, 0.05) is 12.6 Å². The Bertz CT molecular complexity index is 1090. The molecular weight excluding hydrogens is 450 g/mol. The average Bonchev–Trinajstić information content (AvgIpc) is 2.83. The third kappa shape index (κ3) is 6.48. The second-order valence-corrected chi connectivity index (χ2v) is 9.27. The zero-order valence-electron chi connectivity index (χ0n) is 20.5. The Morgan fingerprint density at radius 3 is 2.71 bits per heavy atom. The predicted molar refractivity (Wildman–Crippen MR) is 131 cm³/mol. The Kier molecular flexibility index (Phi) is 8.29. The summed E-state index contributed by atoms with van der Waals surface area (Å²) >= 11 is 0. The molecule has 1 aliphatic heterocycles. The molecule has 10 nitrogen and oxygen atoms in total. The van der Waals surface area contributed by atoms with Crippen LogP contribution in [0.5, 0.6) is 11.6 Å². The Hall–Kier alpha value is -3.66. The highest BCUT2D eigenvalue weighted by molar-refractivity contribution is 6.39. The van der Waals surface area contributed by atoms with E-state index >= 15 is 0 Å². The minimum atomic E-state index is -0.899.